The molecule has 2 aromatic rings. The van der Waals surface area contributed by atoms with E-state index in [1.165, 1.54) is 7.11 Å². The van der Waals surface area contributed by atoms with E-state index in [1.807, 2.05) is 0 Å². The molecular weight excluding hydrogens is 264 g/mol. The summed E-state index contributed by atoms with van der Waals surface area (Å²) in [7, 11) is 1.49. The molecule has 0 radical (unpaired) electrons. The number of hydrogen-bond acceptors (Lipinski definition) is 3. The number of carbonyl (C=O) groups is 1. The molecule has 2 aromatic carbocycles. The number of anilines is 2. The van der Waals surface area contributed by atoms with E-state index in [2.05, 4.69) is 5.32 Å². The molecular formula is C14H13ClN2O2. The number of nitrogen functional groups attached to an aromatic ring is 1. The lowest BCUT2D eigenvalue weighted by atomic mass is 10.2. The highest BCUT2D eigenvalue weighted by Crippen LogP contribution is 2.24. The number of rotatable bonds is 3. The van der Waals surface area contributed by atoms with E-state index in [9.17, 15) is 4.79 Å². The number of hydrogen-bond donors (Lipinski definition) is 2. The fourth-order valence-electron chi connectivity index (χ4n) is 1.62. The van der Waals surface area contributed by atoms with E-state index in [0.29, 0.717) is 27.7 Å². The zero-order valence-electron chi connectivity index (χ0n) is 10.3. The lowest BCUT2D eigenvalue weighted by Crippen LogP contribution is -2.13. The number of nitrogens with one attached hydrogen (secondary N) is 1. The van der Waals surface area contributed by atoms with Crippen LogP contribution in [0.3, 0.4) is 0 Å². The minimum absolute atomic E-state index is 0.265. The highest BCUT2D eigenvalue weighted by atomic mass is 35.5. The number of nitrogens with two attached hydrogens (primary N) is 1. The molecule has 0 heterocycles. The average Bonchev–Trinajstić information content (AvgIpc) is 2.41. The molecule has 0 unspecified atom stereocenters. The van der Waals surface area contributed by atoms with Gasteiger partial charge in [0.1, 0.15) is 5.75 Å². The third kappa shape index (κ3) is 3.17. The molecule has 0 saturated heterocycles. The molecule has 0 aliphatic carbocycles. The normalized spacial score (nSPS) is 10.0. The Labute approximate surface area is 116 Å². The van der Waals surface area contributed by atoms with E-state index in [4.69, 9.17) is 22.1 Å². The summed E-state index contributed by atoms with van der Waals surface area (Å²) in [4.78, 5) is 12.1. The van der Waals surface area contributed by atoms with Gasteiger partial charge in [-0.25, -0.2) is 0 Å². The summed E-state index contributed by atoms with van der Waals surface area (Å²) in [6.07, 6.45) is 0. The first kappa shape index (κ1) is 13.2. The maximum atomic E-state index is 12.1. The third-order valence-corrected chi connectivity index (χ3v) is 2.81. The monoisotopic (exact) mass is 276 g/mol. The number of carbonyl (C=O) groups excluding carboxylic acids is 1. The molecule has 5 heteroatoms. The van der Waals surface area contributed by atoms with E-state index in [0.717, 1.165) is 0 Å². The Balaban J connectivity index is 2.22. The molecule has 0 aliphatic heterocycles. The van der Waals surface area contributed by atoms with Crippen molar-refractivity contribution in [3.8, 4) is 5.75 Å². The largest absolute Gasteiger partial charge is 0.496 e. The van der Waals surface area contributed by atoms with Crippen molar-refractivity contribution in [1.29, 1.82) is 0 Å². The fraction of sp³-hybridized carbons (Fsp3) is 0.0714. The van der Waals surface area contributed by atoms with Crippen LogP contribution >= 0.6 is 11.6 Å². The van der Waals surface area contributed by atoms with Gasteiger partial charge in [0.2, 0.25) is 0 Å². The van der Waals surface area contributed by atoms with Crippen molar-refractivity contribution in [1.82, 2.24) is 0 Å². The van der Waals surface area contributed by atoms with Crippen LogP contribution in [0.25, 0.3) is 0 Å². The summed E-state index contributed by atoms with van der Waals surface area (Å²) >= 11 is 5.85. The molecule has 4 nitrogen and oxygen atoms in total. The molecule has 0 saturated carbocycles. The van der Waals surface area contributed by atoms with Gasteiger partial charge in [-0.05, 0) is 42.5 Å². The van der Waals surface area contributed by atoms with Crippen LogP contribution < -0.4 is 15.8 Å². The van der Waals surface area contributed by atoms with Gasteiger partial charge in [-0.3, -0.25) is 4.79 Å². The van der Waals surface area contributed by atoms with Crippen molar-refractivity contribution in [2.45, 2.75) is 0 Å². The second kappa shape index (κ2) is 5.63. The summed E-state index contributed by atoms with van der Waals surface area (Å²) < 4.78 is 5.14. The fourth-order valence-corrected chi connectivity index (χ4v) is 1.78. The van der Waals surface area contributed by atoms with E-state index < -0.39 is 0 Å². The number of amides is 1. The van der Waals surface area contributed by atoms with Crippen LogP contribution in [0.15, 0.2) is 42.5 Å². The average molecular weight is 277 g/mol. The molecule has 0 bridgehead atoms. The Kier molecular flexibility index (Phi) is 3.92. The zero-order valence-corrected chi connectivity index (χ0v) is 11.1. The molecule has 0 atom stereocenters. The SMILES string of the molecule is COc1cc(Cl)ccc1C(=O)Nc1ccc(N)cc1. The highest BCUT2D eigenvalue weighted by Gasteiger charge is 2.12. The lowest BCUT2D eigenvalue weighted by molar-refractivity contribution is 0.102. The minimum Gasteiger partial charge on any atom is -0.496 e. The van der Waals surface area contributed by atoms with Crippen molar-refractivity contribution < 1.29 is 9.53 Å². The van der Waals surface area contributed by atoms with Gasteiger partial charge in [-0.1, -0.05) is 11.6 Å². The smallest absolute Gasteiger partial charge is 0.259 e. The molecule has 0 spiro atoms. The Morgan fingerprint density at radius 1 is 1.21 bits per heavy atom. The van der Waals surface area contributed by atoms with Crippen molar-refractivity contribution >= 4 is 28.9 Å². The lowest BCUT2D eigenvalue weighted by Gasteiger charge is -2.09. The van der Waals surface area contributed by atoms with Crippen LogP contribution in [-0.2, 0) is 0 Å². The van der Waals surface area contributed by atoms with Crippen molar-refractivity contribution in [3.63, 3.8) is 0 Å². The van der Waals surface area contributed by atoms with Crippen LogP contribution in [0.1, 0.15) is 10.4 Å². The Morgan fingerprint density at radius 3 is 2.53 bits per heavy atom. The maximum Gasteiger partial charge on any atom is 0.259 e. The topological polar surface area (TPSA) is 64.3 Å². The van der Waals surface area contributed by atoms with Crippen molar-refractivity contribution in [2.24, 2.45) is 0 Å². The minimum atomic E-state index is -0.265. The highest BCUT2D eigenvalue weighted by molar-refractivity contribution is 6.31. The summed E-state index contributed by atoms with van der Waals surface area (Å²) in [6.45, 7) is 0. The summed E-state index contributed by atoms with van der Waals surface area (Å²) in [5.41, 5.74) is 7.31. The molecule has 98 valence electrons. The van der Waals surface area contributed by atoms with E-state index in [1.54, 1.807) is 42.5 Å². The molecule has 0 aliphatic rings. The van der Waals surface area contributed by atoms with E-state index >= 15 is 0 Å². The number of benzene rings is 2. The Hall–Kier alpha value is -2.20. The van der Waals surface area contributed by atoms with Gasteiger partial charge >= 0.3 is 0 Å². The van der Waals surface area contributed by atoms with Crippen LogP contribution in [0.2, 0.25) is 5.02 Å². The standard InChI is InChI=1S/C14H13ClN2O2/c1-19-13-8-9(15)2-7-12(13)14(18)17-11-5-3-10(16)4-6-11/h2-8H,16H2,1H3,(H,17,18). The predicted octanol–water partition coefficient (Wildman–Crippen LogP) is 3.18. The van der Waals surface area contributed by atoms with Crippen LogP contribution in [-0.4, -0.2) is 13.0 Å². The molecule has 19 heavy (non-hydrogen) atoms. The number of methoxy groups -OCH3 is 1. The van der Waals surface area contributed by atoms with Gasteiger partial charge in [0, 0.05) is 16.4 Å². The first-order valence-electron chi connectivity index (χ1n) is 5.60. The van der Waals surface area contributed by atoms with Crippen LogP contribution in [0.5, 0.6) is 5.75 Å². The second-order valence-electron chi connectivity index (χ2n) is 3.92. The molecule has 0 fully saturated rings. The molecule has 0 aromatic heterocycles. The Morgan fingerprint density at radius 2 is 1.89 bits per heavy atom. The summed E-state index contributed by atoms with van der Waals surface area (Å²) in [5.74, 6) is 0.165. The van der Waals surface area contributed by atoms with Crippen LogP contribution in [0, 0.1) is 0 Å². The van der Waals surface area contributed by atoms with Gasteiger partial charge in [0.15, 0.2) is 0 Å². The molecule has 1 amide bonds. The van der Waals surface area contributed by atoms with Gasteiger partial charge in [-0.2, -0.15) is 0 Å². The molecule has 2 rings (SSSR count). The predicted molar refractivity (Wildman–Crippen MR) is 76.8 cm³/mol. The second-order valence-corrected chi connectivity index (χ2v) is 4.36. The van der Waals surface area contributed by atoms with Crippen molar-refractivity contribution in [3.05, 3.63) is 53.1 Å². The summed E-state index contributed by atoms with van der Waals surface area (Å²) in [5, 5.41) is 3.28. The van der Waals surface area contributed by atoms with Gasteiger partial charge in [0.25, 0.3) is 5.91 Å². The zero-order chi connectivity index (χ0) is 13.8. The number of ether oxygens (including phenoxy) is 1. The van der Waals surface area contributed by atoms with Crippen molar-refractivity contribution in [2.75, 3.05) is 18.2 Å². The third-order valence-electron chi connectivity index (χ3n) is 2.58. The van der Waals surface area contributed by atoms with E-state index in [-0.39, 0.29) is 5.91 Å². The maximum absolute atomic E-state index is 12.1. The van der Waals surface area contributed by atoms with Gasteiger partial charge < -0.3 is 15.8 Å². The van der Waals surface area contributed by atoms with Gasteiger partial charge in [0.05, 0.1) is 12.7 Å². The quantitative estimate of drug-likeness (QED) is 0.846. The first-order chi connectivity index (χ1) is 9.10. The van der Waals surface area contributed by atoms with Gasteiger partial charge in [-0.15, -0.1) is 0 Å². The summed E-state index contributed by atoms with van der Waals surface area (Å²) in [6, 6.07) is 11.8. The number of halogens is 1. The Bertz CT molecular complexity index is 597. The molecule has 3 N–H and O–H groups in total. The van der Waals surface area contributed by atoms with Crippen LogP contribution in [0.4, 0.5) is 11.4 Å². The first-order valence-corrected chi connectivity index (χ1v) is 5.98.